The average Bonchev–Trinajstić information content (AvgIpc) is 3.08. The summed E-state index contributed by atoms with van der Waals surface area (Å²) in [5.41, 5.74) is 1.52. The molecule has 1 N–H and O–H groups in total. The van der Waals surface area contributed by atoms with Crippen LogP contribution in [0.4, 0.5) is 0 Å². The number of rotatable bonds is 3. The Balaban J connectivity index is 1.99. The van der Waals surface area contributed by atoms with Gasteiger partial charge < -0.3 is 14.6 Å². The van der Waals surface area contributed by atoms with E-state index in [1.807, 2.05) is 12.1 Å². The highest BCUT2D eigenvalue weighted by molar-refractivity contribution is 6.31. The van der Waals surface area contributed by atoms with E-state index in [2.05, 4.69) is 0 Å². The molecule has 5 heteroatoms. The third-order valence-corrected chi connectivity index (χ3v) is 3.93. The van der Waals surface area contributed by atoms with E-state index in [0.29, 0.717) is 11.6 Å². The van der Waals surface area contributed by atoms with Gasteiger partial charge in [-0.25, -0.2) is 0 Å². The third kappa shape index (κ3) is 1.95. The third-order valence-electron chi connectivity index (χ3n) is 3.62. The SMILES string of the molecule is O=C(O)CC1(c2cc3c(cc2Cl)COCO3)CC1. The lowest BCUT2D eigenvalue weighted by Gasteiger charge is -2.22. The molecule has 0 atom stereocenters. The van der Waals surface area contributed by atoms with Crippen molar-refractivity contribution in [2.24, 2.45) is 0 Å². The molecule has 1 aromatic rings. The summed E-state index contributed by atoms with van der Waals surface area (Å²) in [6.45, 7) is 0.723. The van der Waals surface area contributed by atoms with Gasteiger partial charge in [-0.1, -0.05) is 11.6 Å². The van der Waals surface area contributed by atoms with Crippen LogP contribution in [-0.4, -0.2) is 17.9 Å². The molecule has 0 saturated heterocycles. The van der Waals surface area contributed by atoms with Crippen LogP contribution in [0.2, 0.25) is 5.02 Å². The van der Waals surface area contributed by atoms with Crippen LogP contribution < -0.4 is 4.74 Å². The summed E-state index contributed by atoms with van der Waals surface area (Å²) in [7, 11) is 0. The number of carbonyl (C=O) groups is 1. The molecule has 0 unspecified atom stereocenters. The van der Waals surface area contributed by atoms with Gasteiger partial charge in [0.1, 0.15) is 5.75 Å². The van der Waals surface area contributed by atoms with E-state index < -0.39 is 5.97 Å². The van der Waals surface area contributed by atoms with Crippen LogP contribution in [0.15, 0.2) is 12.1 Å². The summed E-state index contributed by atoms with van der Waals surface area (Å²) in [5, 5.41) is 9.60. The van der Waals surface area contributed by atoms with Crippen LogP contribution in [0.25, 0.3) is 0 Å². The van der Waals surface area contributed by atoms with Gasteiger partial charge in [0.15, 0.2) is 6.79 Å². The molecular weight excluding hydrogens is 256 g/mol. The maximum Gasteiger partial charge on any atom is 0.304 e. The fourth-order valence-electron chi connectivity index (χ4n) is 2.49. The maximum atomic E-state index is 10.9. The number of hydrogen-bond donors (Lipinski definition) is 1. The summed E-state index contributed by atoms with van der Waals surface area (Å²) < 4.78 is 10.6. The number of aliphatic carboxylic acids is 1. The average molecular weight is 269 g/mol. The number of fused-ring (bicyclic) bond motifs is 1. The number of carboxylic acids is 1. The minimum absolute atomic E-state index is 0.127. The van der Waals surface area contributed by atoms with Crippen LogP contribution in [0.5, 0.6) is 5.75 Å². The molecule has 1 aliphatic heterocycles. The van der Waals surface area contributed by atoms with E-state index in [1.54, 1.807) is 0 Å². The highest BCUT2D eigenvalue weighted by atomic mass is 35.5. The molecule has 1 saturated carbocycles. The zero-order chi connectivity index (χ0) is 12.8. The fraction of sp³-hybridized carbons (Fsp3) is 0.462. The number of benzene rings is 1. The van der Waals surface area contributed by atoms with Gasteiger partial charge in [-0.3, -0.25) is 4.79 Å². The van der Waals surface area contributed by atoms with Crippen LogP contribution in [0.1, 0.15) is 30.4 Å². The minimum Gasteiger partial charge on any atom is -0.481 e. The molecule has 1 aromatic carbocycles. The van der Waals surface area contributed by atoms with Gasteiger partial charge in [0, 0.05) is 16.0 Å². The summed E-state index contributed by atoms with van der Waals surface area (Å²) in [6.07, 6.45) is 1.87. The topological polar surface area (TPSA) is 55.8 Å². The highest BCUT2D eigenvalue weighted by Gasteiger charge is 2.47. The van der Waals surface area contributed by atoms with E-state index in [9.17, 15) is 4.79 Å². The molecule has 2 aliphatic rings. The molecule has 4 nitrogen and oxygen atoms in total. The largest absolute Gasteiger partial charge is 0.481 e. The molecule has 18 heavy (non-hydrogen) atoms. The first-order chi connectivity index (χ1) is 8.61. The molecule has 1 heterocycles. The van der Waals surface area contributed by atoms with Crippen LogP contribution in [0.3, 0.4) is 0 Å². The van der Waals surface area contributed by atoms with Gasteiger partial charge in [-0.2, -0.15) is 0 Å². The van der Waals surface area contributed by atoms with E-state index in [0.717, 1.165) is 29.7 Å². The predicted octanol–water partition coefficient (Wildman–Crippen LogP) is 2.71. The Labute approximate surface area is 109 Å². The van der Waals surface area contributed by atoms with Crippen molar-refractivity contribution < 1.29 is 19.4 Å². The van der Waals surface area contributed by atoms with Gasteiger partial charge >= 0.3 is 5.97 Å². The summed E-state index contributed by atoms with van der Waals surface area (Å²) in [4.78, 5) is 10.9. The molecule has 0 amide bonds. The quantitative estimate of drug-likeness (QED) is 0.916. The van der Waals surface area contributed by atoms with Gasteiger partial charge in [-0.05, 0) is 30.5 Å². The molecular formula is C13H13ClO4. The summed E-state index contributed by atoms with van der Waals surface area (Å²) in [5.74, 6) is -0.0251. The first-order valence-electron chi connectivity index (χ1n) is 5.86. The van der Waals surface area contributed by atoms with Gasteiger partial charge in [0.05, 0.1) is 13.0 Å². The Morgan fingerprint density at radius 3 is 2.89 bits per heavy atom. The number of hydrogen-bond acceptors (Lipinski definition) is 3. The highest BCUT2D eigenvalue weighted by Crippen LogP contribution is 2.54. The van der Waals surface area contributed by atoms with Crippen molar-refractivity contribution >= 4 is 17.6 Å². The van der Waals surface area contributed by atoms with Gasteiger partial charge in [0.25, 0.3) is 0 Å². The second-order valence-corrected chi connectivity index (χ2v) is 5.31. The van der Waals surface area contributed by atoms with Crippen molar-refractivity contribution in [1.29, 1.82) is 0 Å². The lowest BCUT2D eigenvalue weighted by Crippen LogP contribution is -2.16. The molecule has 0 aromatic heterocycles. The minimum atomic E-state index is -0.787. The normalized spacial score (nSPS) is 19.8. The number of carboxylic acid groups (broad SMARTS) is 1. The number of halogens is 1. The maximum absolute atomic E-state index is 10.9. The second kappa shape index (κ2) is 4.14. The van der Waals surface area contributed by atoms with Gasteiger partial charge in [-0.15, -0.1) is 0 Å². The first kappa shape index (κ1) is 11.8. The van der Waals surface area contributed by atoms with Crippen molar-refractivity contribution in [1.82, 2.24) is 0 Å². The molecule has 3 rings (SSSR count). The Morgan fingerprint density at radius 1 is 1.44 bits per heavy atom. The molecule has 96 valence electrons. The van der Waals surface area contributed by atoms with E-state index in [4.69, 9.17) is 26.2 Å². The van der Waals surface area contributed by atoms with E-state index >= 15 is 0 Å². The van der Waals surface area contributed by atoms with Crippen molar-refractivity contribution in [3.63, 3.8) is 0 Å². The fourth-order valence-corrected chi connectivity index (χ4v) is 2.87. The Bertz CT molecular complexity index is 508. The zero-order valence-electron chi connectivity index (χ0n) is 9.74. The molecule has 1 fully saturated rings. The van der Waals surface area contributed by atoms with E-state index in [-0.39, 0.29) is 18.6 Å². The Kier molecular flexibility index (Phi) is 2.72. The standard InChI is InChI=1S/C13H13ClO4/c14-10-3-8-6-17-7-18-11(8)4-9(10)13(1-2-13)5-12(15)16/h3-4H,1-2,5-7H2,(H,15,16). The van der Waals surface area contributed by atoms with Gasteiger partial charge in [0.2, 0.25) is 0 Å². The van der Waals surface area contributed by atoms with Crippen LogP contribution in [0, 0.1) is 0 Å². The Morgan fingerprint density at radius 2 is 2.22 bits per heavy atom. The van der Waals surface area contributed by atoms with Crippen LogP contribution in [-0.2, 0) is 21.6 Å². The first-order valence-corrected chi connectivity index (χ1v) is 6.24. The van der Waals surface area contributed by atoms with Crippen molar-refractivity contribution in [3.8, 4) is 5.75 Å². The molecule has 0 bridgehead atoms. The summed E-state index contributed by atoms with van der Waals surface area (Å²) >= 11 is 6.27. The lowest BCUT2D eigenvalue weighted by molar-refractivity contribution is -0.137. The Hall–Kier alpha value is -1.26. The predicted molar refractivity (Wildman–Crippen MR) is 64.9 cm³/mol. The second-order valence-electron chi connectivity index (χ2n) is 4.90. The van der Waals surface area contributed by atoms with Crippen molar-refractivity contribution in [2.45, 2.75) is 31.3 Å². The smallest absolute Gasteiger partial charge is 0.304 e. The molecule has 0 radical (unpaired) electrons. The molecule has 1 aliphatic carbocycles. The van der Waals surface area contributed by atoms with Crippen LogP contribution >= 0.6 is 11.6 Å². The zero-order valence-corrected chi connectivity index (χ0v) is 10.5. The molecule has 0 spiro atoms. The summed E-state index contributed by atoms with van der Waals surface area (Å²) in [6, 6.07) is 3.71. The monoisotopic (exact) mass is 268 g/mol. The lowest BCUT2D eigenvalue weighted by atomic mass is 9.91. The van der Waals surface area contributed by atoms with Crippen molar-refractivity contribution in [3.05, 3.63) is 28.3 Å². The van der Waals surface area contributed by atoms with Crippen molar-refractivity contribution in [2.75, 3.05) is 6.79 Å². The number of ether oxygens (including phenoxy) is 2. The van der Waals surface area contributed by atoms with E-state index in [1.165, 1.54) is 0 Å².